The molecule has 1 aromatic rings. The lowest BCUT2D eigenvalue weighted by molar-refractivity contribution is -0.131. The number of thiophene rings is 1. The first kappa shape index (κ1) is 16.9. The number of nitrogens with one attached hydrogen (secondary N) is 1. The number of carbonyl (C=O) groups is 3. The fraction of sp³-hybridized carbons (Fsp3) is 0.357. The molecule has 0 bridgehead atoms. The Bertz CT molecular complexity index is 551. The molecule has 0 aliphatic rings. The lowest BCUT2D eigenvalue weighted by Gasteiger charge is -2.20. The van der Waals surface area contributed by atoms with Crippen LogP contribution in [-0.2, 0) is 9.59 Å². The first-order chi connectivity index (χ1) is 9.97. The molecule has 0 atom stereocenters. The standard InChI is InChI=1S/C14H18N2O4S/c1-3-6-16(8-12(17)15-2)14(20)10-7-11(21-9-10)4-5-13(18)19/h4-5,7,9H,3,6,8H2,1-2H3,(H,15,17)(H,18,19). The number of likely N-dealkylation sites (N-methyl/N-ethyl adjacent to an activating group) is 1. The molecule has 0 fully saturated rings. The molecule has 0 saturated heterocycles. The Morgan fingerprint density at radius 1 is 1.43 bits per heavy atom. The Kier molecular flexibility index (Phi) is 6.61. The summed E-state index contributed by atoms with van der Waals surface area (Å²) in [4.78, 5) is 36.4. The summed E-state index contributed by atoms with van der Waals surface area (Å²) in [6.07, 6.45) is 3.21. The van der Waals surface area contributed by atoms with Crippen molar-refractivity contribution >= 4 is 35.2 Å². The number of amides is 2. The SMILES string of the molecule is CCCN(CC(=O)NC)C(=O)c1csc(C=CC(=O)O)c1. The van der Waals surface area contributed by atoms with Crippen molar-refractivity contribution in [2.24, 2.45) is 0 Å². The van der Waals surface area contributed by atoms with Crippen LogP contribution in [0.3, 0.4) is 0 Å². The van der Waals surface area contributed by atoms with Crippen molar-refractivity contribution in [1.82, 2.24) is 10.2 Å². The Balaban J connectivity index is 2.83. The van der Waals surface area contributed by atoms with Gasteiger partial charge in [0.25, 0.3) is 5.91 Å². The van der Waals surface area contributed by atoms with Crippen LogP contribution in [0.25, 0.3) is 6.08 Å². The van der Waals surface area contributed by atoms with E-state index in [4.69, 9.17) is 5.11 Å². The van der Waals surface area contributed by atoms with E-state index in [0.29, 0.717) is 17.0 Å². The van der Waals surface area contributed by atoms with Crippen molar-refractivity contribution < 1.29 is 19.5 Å². The minimum Gasteiger partial charge on any atom is -0.478 e. The summed E-state index contributed by atoms with van der Waals surface area (Å²) in [7, 11) is 1.52. The number of nitrogens with zero attached hydrogens (tertiary/aromatic N) is 1. The molecule has 1 rings (SSSR count). The lowest BCUT2D eigenvalue weighted by atomic mass is 10.2. The summed E-state index contributed by atoms with van der Waals surface area (Å²) in [6.45, 7) is 2.43. The van der Waals surface area contributed by atoms with Gasteiger partial charge in [-0.1, -0.05) is 6.92 Å². The Morgan fingerprint density at radius 2 is 2.14 bits per heavy atom. The number of hydrogen-bond donors (Lipinski definition) is 2. The van der Waals surface area contributed by atoms with Gasteiger partial charge in [-0.05, 0) is 18.6 Å². The third-order valence-electron chi connectivity index (χ3n) is 2.65. The Morgan fingerprint density at radius 3 is 2.71 bits per heavy atom. The molecule has 114 valence electrons. The number of aliphatic carboxylic acids is 1. The normalized spacial score (nSPS) is 10.6. The minimum atomic E-state index is -1.04. The lowest BCUT2D eigenvalue weighted by Crippen LogP contribution is -2.39. The topological polar surface area (TPSA) is 86.7 Å². The molecule has 2 amide bonds. The van der Waals surface area contributed by atoms with Gasteiger partial charge in [-0.25, -0.2) is 4.79 Å². The molecule has 0 radical (unpaired) electrons. The van der Waals surface area contributed by atoms with Crippen LogP contribution in [-0.4, -0.2) is 47.9 Å². The van der Waals surface area contributed by atoms with Crippen LogP contribution < -0.4 is 5.32 Å². The largest absolute Gasteiger partial charge is 0.478 e. The third-order valence-corrected chi connectivity index (χ3v) is 3.55. The smallest absolute Gasteiger partial charge is 0.328 e. The zero-order valence-electron chi connectivity index (χ0n) is 12.0. The maximum absolute atomic E-state index is 12.3. The third kappa shape index (κ3) is 5.39. The summed E-state index contributed by atoms with van der Waals surface area (Å²) < 4.78 is 0. The molecule has 0 aromatic carbocycles. The van der Waals surface area contributed by atoms with Gasteiger partial charge in [0.1, 0.15) is 0 Å². The second-order valence-electron chi connectivity index (χ2n) is 4.31. The van der Waals surface area contributed by atoms with Gasteiger partial charge in [0.2, 0.25) is 5.91 Å². The molecule has 0 spiro atoms. The van der Waals surface area contributed by atoms with Crippen molar-refractivity contribution in [2.45, 2.75) is 13.3 Å². The van der Waals surface area contributed by atoms with Crippen LogP contribution >= 0.6 is 11.3 Å². The van der Waals surface area contributed by atoms with Gasteiger partial charge < -0.3 is 15.3 Å². The average Bonchev–Trinajstić information content (AvgIpc) is 2.92. The second-order valence-corrected chi connectivity index (χ2v) is 5.25. The van der Waals surface area contributed by atoms with Crippen molar-refractivity contribution in [3.63, 3.8) is 0 Å². The second kappa shape index (κ2) is 8.21. The maximum atomic E-state index is 12.3. The number of carbonyl (C=O) groups excluding carboxylic acids is 2. The van der Waals surface area contributed by atoms with Crippen molar-refractivity contribution in [3.8, 4) is 0 Å². The van der Waals surface area contributed by atoms with Gasteiger partial charge in [-0.15, -0.1) is 11.3 Å². The summed E-state index contributed by atoms with van der Waals surface area (Å²) in [5.74, 6) is -1.49. The first-order valence-corrected chi connectivity index (χ1v) is 7.35. The van der Waals surface area contributed by atoms with E-state index in [2.05, 4.69) is 5.32 Å². The van der Waals surface area contributed by atoms with E-state index in [1.807, 2.05) is 6.92 Å². The zero-order valence-corrected chi connectivity index (χ0v) is 12.8. The van der Waals surface area contributed by atoms with E-state index in [-0.39, 0.29) is 18.4 Å². The van der Waals surface area contributed by atoms with Crippen LogP contribution in [0.5, 0.6) is 0 Å². The van der Waals surface area contributed by atoms with Gasteiger partial charge >= 0.3 is 5.97 Å². The first-order valence-electron chi connectivity index (χ1n) is 6.47. The predicted octanol–water partition coefficient (Wildman–Crippen LogP) is 1.44. The Hall–Kier alpha value is -2.15. The van der Waals surface area contributed by atoms with Crippen molar-refractivity contribution in [2.75, 3.05) is 20.1 Å². The number of hydrogen-bond acceptors (Lipinski definition) is 4. The zero-order chi connectivity index (χ0) is 15.8. The molecule has 0 unspecified atom stereocenters. The molecular weight excluding hydrogens is 292 g/mol. The molecule has 2 N–H and O–H groups in total. The van der Waals surface area contributed by atoms with Crippen LogP contribution in [0.1, 0.15) is 28.6 Å². The van der Waals surface area contributed by atoms with Crippen LogP contribution in [0.4, 0.5) is 0 Å². The Labute approximate surface area is 127 Å². The van der Waals surface area contributed by atoms with E-state index in [0.717, 1.165) is 12.5 Å². The summed E-state index contributed by atoms with van der Waals surface area (Å²) in [5.41, 5.74) is 0.461. The summed E-state index contributed by atoms with van der Waals surface area (Å²) >= 11 is 1.28. The number of rotatable bonds is 7. The number of carboxylic acids is 1. The predicted molar refractivity (Wildman–Crippen MR) is 81.3 cm³/mol. The molecule has 7 heteroatoms. The van der Waals surface area contributed by atoms with Gasteiger partial charge in [-0.2, -0.15) is 0 Å². The highest BCUT2D eigenvalue weighted by Gasteiger charge is 2.18. The van der Waals surface area contributed by atoms with E-state index >= 15 is 0 Å². The van der Waals surface area contributed by atoms with E-state index in [1.165, 1.54) is 29.4 Å². The summed E-state index contributed by atoms with van der Waals surface area (Å²) in [6, 6.07) is 1.62. The summed E-state index contributed by atoms with van der Waals surface area (Å²) in [5, 5.41) is 12.7. The molecule has 0 aliphatic heterocycles. The number of carboxylic acid groups (broad SMARTS) is 1. The average molecular weight is 310 g/mol. The molecule has 1 heterocycles. The van der Waals surface area contributed by atoms with Crippen LogP contribution in [0.2, 0.25) is 0 Å². The van der Waals surface area contributed by atoms with Crippen LogP contribution in [0, 0.1) is 0 Å². The van der Waals surface area contributed by atoms with Crippen molar-refractivity contribution in [1.29, 1.82) is 0 Å². The van der Waals surface area contributed by atoms with E-state index < -0.39 is 5.97 Å². The highest BCUT2D eigenvalue weighted by Crippen LogP contribution is 2.18. The fourth-order valence-corrected chi connectivity index (χ4v) is 2.44. The molecule has 0 saturated carbocycles. The van der Waals surface area contributed by atoms with E-state index in [1.54, 1.807) is 11.4 Å². The van der Waals surface area contributed by atoms with Gasteiger partial charge in [-0.3, -0.25) is 9.59 Å². The highest BCUT2D eigenvalue weighted by atomic mass is 32.1. The molecule has 0 aliphatic carbocycles. The van der Waals surface area contributed by atoms with Gasteiger partial charge in [0.05, 0.1) is 12.1 Å². The van der Waals surface area contributed by atoms with Gasteiger partial charge in [0.15, 0.2) is 0 Å². The molecular formula is C14H18N2O4S. The minimum absolute atomic E-state index is 0.0132. The highest BCUT2D eigenvalue weighted by molar-refractivity contribution is 7.11. The van der Waals surface area contributed by atoms with Crippen LogP contribution in [0.15, 0.2) is 17.5 Å². The molecule has 21 heavy (non-hydrogen) atoms. The van der Waals surface area contributed by atoms with Gasteiger partial charge in [0, 0.05) is 29.9 Å². The molecule has 1 aromatic heterocycles. The fourth-order valence-electron chi connectivity index (χ4n) is 1.66. The monoisotopic (exact) mass is 310 g/mol. The quantitative estimate of drug-likeness (QED) is 0.746. The van der Waals surface area contributed by atoms with Crippen molar-refractivity contribution in [3.05, 3.63) is 28.0 Å². The maximum Gasteiger partial charge on any atom is 0.328 e. The molecule has 6 nitrogen and oxygen atoms in total. The van der Waals surface area contributed by atoms with E-state index in [9.17, 15) is 14.4 Å².